The number of methoxy groups -OCH3 is 2. The van der Waals surface area contributed by atoms with E-state index < -0.39 is 5.97 Å². The van der Waals surface area contributed by atoms with Crippen LogP contribution in [0.25, 0.3) is 10.9 Å². The first-order valence-electron chi connectivity index (χ1n) is 10.9. The molecule has 3 aromatic rings. The van der Waals surface area contributed by atoms with Gasteiger partial charge in [0.05, 0.1) is 51.8 Å². The molecule has 1 atom stereocenters. The number of nitrogens with one attached hydrogen (secondary N) is 3. The summed E-state index contributed by atoms with van der Waals surface area (Å²) < 4.78 is 11.3. The van der Waals surface area contributed by atoms with Crippen molar-refractivity contribution in [2.24, 2.45) is 0 Å². The van der Waals surface area contributed by atoms with Crippen LogP contribution in [0.5, 0.6) is 5.75 Å². The third kappa shape index (κ3) is 4.69. The fourth-order valence-corrected chi connectivity index (χ4v) is 4.69. The van der Waals surface area contributed by atoms with E-state index in [1.54, 1.807) is 7.11 Å². The molecule has 1 aliphatic rings. The van der Waals surface area contributed by atoms with Crippen LogP contribution in [0.2, 0.25) is 0 Å². The Bertz CT molecular complexity index is 1170. The summed E-state index contributed by atoms with van der Waals surface area (Å²) in [5.74, 6) is 0.192. The predicted molar refractivity (Wildman–Crippen MR) is 131 cm³/mol. The quantitative estimate of drug-likeness (QED) is 0.439. The Balaban J connectivity index is 1.48. The molecule has 0 spiro atoms. The molecule has 4 rings (SSSR count). The summed E-state index contributed by atoms with van der Waals surface area (Å²) in [5, 5.41) is 3.74. The van der Waals surface area contributed by atoms with Gasteiger partial charge in [0.25, 0.3) is 5.91 Å². The van der Waals surface area contributed by atoms with Crippen molar-refractivity contribution in [3.63, 3.8) is 0 Å². The van der Waals surface area contributed by atoms with Crippen molar-refractivity contribution < 1.29 is 24.0 Å². The number of fused-ring (bicyclic) bond motifs is 1. The highest BCUT2D eigenvalue weighted by Gasteiger charge is 2.31. The number of anilines is 2. The van der Waals surface area contributed by atoms with Crippen molar-refractivity contribution in [2.75, 3.05) is 50.6 Å². The van der Waals surface area contributed by atoms with Gasteiger partial charge in [-0.15, -0.1) is 0 Å². The number of aromatic amines is 1. The van der Waals surface area contributed by atoms with Gasteiger partial charge in [0, 0.05) is 15.4 Å². The lowest BCUT2D eigenvalue weighted by atomic mass is 10.1. The molecular weight excluding hydrogens is 488 g/mol. The van der Waals surface area contributed by atoms with Crippen LogP contribution in [-0.4, -0.2) is 63.3 Å². The maximum absolute atomic E-state index is 13.2. The zero-order valence-electron chi connectivity index (χ0n) is 18.9. The van der Waals surface area contributed by atoms with E-state index in [4.69, 9.17) is 9.47 Å². The molecule has 0 bridgehead atoms. The molecule has 8 nitrogen and oxygen atoms in total. The lowest BCUT2D eigenvalue weighted by molar-refractivity contribution is -0.914. The Labute approximate surface area is 201 Å². The maximum Gasteiger partial charge on any atom is 0.356 e. The number of piperazine rings is 1. The van der Waals surface area contributed by atoms with E-state index in [-0.39, 0.29) is 17.6 Å². The number of esters is 1. The first kappa shape index (κ1) is 23.1. The Kier molecular flexibility index (Phi) is 6.90. The van der Waals surface area contributed by atoms with E-state index in [1.807, 2.05) is 43.3 Å². The maximum atomic E-state index is 13.2. The van der Waals surface area contributed by atoms with Crippen molar-refractivity contribution in [2.45, 2.75) is 13.0 Å². The van der Waals surface area contributed by atoms with E-state index in [2.05, 4.69) is 37.2 Å². The minimum atomic E-state index is -0.525. The van der Waals surface area contributed by atoms with Crippen LogP contribution in [0.3, 0.4) is 0 Å². The second-order valence-electron chi connectivity index (χ2n) is 8.08. The largest absolute Gasteiger partial charge is 0.495 e. The molecule has 1 fully saturated rings. The normalized spacial score (nSPS) is 15.3. The highest BCUT2D eigenvalue weighted by atomic mass is 79.9. The van der Waals surface area contributed by atoms with Gasteiger partial charge in [-0.3, -0.25) is 4.79 Å². The number of amides is 1. The number of carbonyl (C=O) groups excluding carboxylic acids is 2. The van der Waals surface area contributed by atoms with E-state index in [0.29, 0.717) is 5.69 Å². The molecular formula is C24H28BrN4O4+. The van der Waals surface area contributed by atoms with Crippen LogP contribution in [0.1, 0.15) is 17.4 Å². The molecule has 33 heavy (non-hydrogen) atoms. The van der Waals surface area contributed by atoms with Crippen LogP contribution in [-0.2, 0) is 9.53 Å². The van der Waals surface area contributed by atoms with Crippen LogP contribution in [0, 0.1) is 0 Å². The molecule has 0 saturated carbocycles. The average molecular weight is 516 g/mol. The number of aromatic nitrogens is 1. The van der Waals surface area contributed by atoms with Gasteiger partial charge in [0.1, 0.15) is 11.4 Å². The van der Waals surface area contributed by atoms with Gasteiger partial charge in [-0.05, 0) is 37.3 Å². The molecule has 3 N–H and O–H groups in total. The number of halogens is 1. The number of hydrogen-bond acceptors (Lipinski definition) is 5. The van der Waals surface area contributed by atoms with Gasteiger partial charge in [-0.1, -0.05) is 28.1 Å². The Morgan fingerprint density at radius 1 is 1.15 bits per heavy atom. The van der Waals surface area contributed by atoms with Crippen molar-refractivity contribution in [1.29, 1.82) is 0 Å². The minimum absolute atomic E-state index is 0.137. The molecule has 2 heterocycles. The number of nitrogens with zero attached hydrogens (tertiary/aromatic N) is 1. The summed E-state index contributed by atoms with van der Waals surface area (Å²) in [6, 6.07) is 13.3. The average Bonchev–Trinajstić information content (AvgIpc) is 3.20. The SMILES string of the molecule is COC(=O)c1[nH]c2ccc(Br)cc2c1NC(=O)[C@H](C)[NH+]1CCN(c2ccccc2OC)CC1. The van der Waals surface area contributed by atoms with Gasteiger partial charge in [0.2, 0.25) is 0 Å². The van der Waals surface area contributed by atoms with Crippen molar-refractivity contribution in [1.82, 2.24) is 4.98 Å². The number of rotatable bonds is 6. The van der Waals surface area contributed by atoms with Crippen molar-refractivity contribution >= 4 is 50.1 Å². The molecule has 1 aromatic heterocycles. The fraction of sp³-hybridized carbons (Fsp3) is 0.333. The summed E-state index contributed by atoms with van der Waals surface area (Å²) >= 11 is 3.46. The monoisotopic (exact) mass is 515 g/mol. The van der Waals surface area contributed by atoms with Crippen molar-refractivity contribution in [3.05, 3.63) is 52.6 Å². The smallest absolute Gasteiger partial charge is 0.356 e. The number of para-hydroxylation sites is 2. The highest BCUT2D eigenvalue weighted by Crippen LogP contribution is 2.31. The Morgan fingerprint density at radius 3 is 2.58 bits per heavy atom. The number of hydrogen-bond donors (Lipinski definition) is 3. The molecule has 1 amide bonds. The minimum Gasteiger partial charge on any atom is -0.495 e. The predicted octanol–water partition coefficient (Wildman–Crippen LogP) is 2.46. The topological polar surface area (TPSA) is 88.1 Å². The number of ether oxygens (including phenoxy) is 2. The van der Waals surface area contributed by atoms with Gasteiger partial charge in [0.15, 0.2) is 6.04 Å². The molecule has 0 unspecified atom stereocenters. The van der Waals surface area contributed by atoms with Gasteiger partial charge in [-0.2, -0.15) is 0 Å². The number of quaternary nitrogens is 1. The Morgan fingerprint density at radius 2 is 1.88 bits per heavy atom. The van der Waals surface area contributed by atoms with Crippen LogP contribution >= 0.6 is 15.9 Å². The van der Waals surface area contributed by atoms with Crippen LogP contribution in [0.15, 0.2) is 46.9 Å². The summed E-state index contributed by atoms with van der Waals surface area (Å²) in [6.07, 6.45) is 0. The third-order valence-corrected chi connectivity index (χ3v) is 6.73. The van der Waals surface area contributed by atoms with Crippen LogP contribution in [0.4, 0.5) is 11.4 Å². The molecule has 2 aromatic carbocycles. The summed E-state index contributed by atoms with van der Waals surface area (Å²) in [7, 11) is 3.00. The second-order valence-corrected chi connectivity index (χ2v) is 9.00. The highest BCUT2D eigenvalue weighted by molar-refractivity contribution is 9.10. The molecule has 1 saturated heterocycles. The van der Waals surface area contributed by atoms with Gasteiger partial charge >= 0.3 is 5.97 Å². The lowest BCUT2D eigenvalue weighted by Gasteiger charge is -2.36. The number of benzene rings is 2. The zero-order chi connectivity index (χ0) is 23.5. The summed E-state index contributed by atoms with van der Waals surface area (Å²) in [6.45, 7) is 5.19. The van der Waals surface area contributed by atoms with E-state index in [1.165, 1.54) is 12.0 Å². The fourth-order valence-electron chi connectivity index (χ4n) is 4.32. The zero-order valence-corrected chi connectivity index (χ0v) is 20.5. The van der Waals surface area contributed by atoms with E-state index in [0.717, 1.165) is 53.0 Å². The Hall–Kier alpha value is -3.04. The van der Waals surface area contributed by atoms with Crippen LogP contribution < -0.4 is 19.9 Å². The second kappa shape index (κ2) is 9.84. The van der Waals surface area contributed by atoms with E-state index in [9.17, 15) is 9.59 Å². The molecule has 0 radical (unpaired) electrons. The first-order valence-corrected chi connectivity index (χ1v) is 11.6. The first-order chi connectivity index (χ1) is 15.9. The number of carbonyl (C=O) groups is 2. The molecule has 174 valence electrons. The van der Waals surface area contributed by atoms with Gasteiger partial charge in [-0.25, -0.2) is 4.79 Å². The standard InChI is InChI=1S/C24H27BrN4O4/c1-15(28-10-12-29(13-11-28)19-6-4-5-7-20(19)32-2)23(30)27-21-17-14-16(25)8-9-18(17)26-22(21)24(31)33-3/h4-9,14-15,26H,10-13H2,1-3H3,(H,27,30)/p+1/t15-/m0/s1. The summed E-state index contributed by atoms with van der Waals surface area (Å²) in [4.78, 5) is 32.1. The molecule has 1 aliphatic heterocycles. The lowest BCUT2D eigenvalue weighted by Crippen LogP contribution is -3.19. The molecule has 0 aliphatic carbocycles. The van der Waals surface area contributed by atoms with Gasteiger partial charge < -0.3 is 29.6 Å². The number of H-pyrrole nitrogens is 1. The van der Waals surface area contributed by atoms with E-state index >= 15 is 0 Å². The summed E-state index contributed by atoms with van der Waals surface area (Å²) in [5.41, 5.74) is 2.51. The third-order valence-electron chi connectivity index (χ3n) is 6.24. The molecule has 9 heteroatoms. The van der Waals surface area contributed by atoms with Crippen molar-refractivity contribution in [3.8, 4) is 5.75 Å².